The van der Waals surface area contributed by atoms with Gasteiger partial charge in [-0.05, 0) is 25.2 Å². The number of carboxylic acid groups (broad SMARTS) is 1. The highest BCUT2D eigenvalue weighted by Gasteiger charge is 2.39. The smallest absolute Gasteiger partial charge is 0.328 e. The normalized spacial score (nSPS) is 15.4. The van der Waals surface area contributed by atoms with Crippen molar-refractivity contribution in [1.29, 1.82) is 0 Å². The fourth-order valence-electron chi connectivity index (χ4n) is 1.93. The molecule has 0 saturated carbocycles. The van der Waals surface area contributed by atoms with E-state index in [1.807, 2.05) is 13.8 Å². The summed E-state index contributed by atoms with van der Waals surface area (Å²) in [6.45, 7) is 8.91. The van der Waals surface area contributed by atoms with Crippen LogP contribution in [0.25, 0.3) is 0 Å². The number of nitrogens with one attached hydrogen (secondary N) is 1. The van der Waals surface area contributed by atoms with Gasteiger partial charge >= 0.3 is 11.9 Å². The van der Waals surface area contributed by atoms with Crippen LogP contribution in [-0.2, 0) is 19.1 Å². The molecule has 0 saturated heterocycles. The van der Waals surface area contributed by atoms with E-state index in [1.54, 1.807) is 13.8 Å². The average Bonchev–Trinajstić information content (AvgIpc) is 2.35. The standard InChI is InChI=1S/C15H27NO5/c1-9(2)7-11(13(18)21-6)16-12(17)8-15(5,10(3)4)14(19)20/h9-11H,7-8H2,1-6H3,(H,16,17)(H,19,20). The van der Waals surface area contributed by atoms with Gasteiger partial charge in [0.2, 0.25) is 5.91 Å². The molecule has 0 fully saturated rings. The van der Waals surface area contributed by atoms with Crippen molar-refractivity contribution in [3.63, 3.8) is 0 Å². The lowest BCUT2D eigenvalue weighted by molar-refractivity contribution is -0.154. The predicted octanol–water partition coefficient (Wildman–Crippen LogP) is 1.83. The average molecular weight is 301 g/mol. The SMILES string of the molecule is COC(=O)C(CC(C)C)NC(=O)CC(C)(C(=O)O)C(C)C. The number of ether oxygens (including phenoxy) is 1. The quantitative estimate of drug-likeness (QED) is 0.667. The Kier molecular flexibility index (Phi) is 7.39. The third kappa shape index (κ3) is 5.73. The summed E-state index contributed by atoms with van der Waals surface area (Å²) < 4.78 is 4.67. The van der Waals surface area contributed by atoms with Gasteiger partial charge in [0.15, 0.2) is 0 Å². The van der Waals surface area contributed by atoms with Crippen LogP contribution >= 0.6 is 0 Å². The van der Waals surface area contributed by atoms with Crippen molar-refractivity contribution >= 4 is 17.8 Å². The summed E-state index contributed by atoms with van der Waals surface area (Å²) in [5, 5.41) is 11.9. The van der Waals surface area contributed by atoms with Gasteiger partial charge in [-0.1, -0.05) is 27.7 Å². The first-order chi connectivity index (χ1) is 9.54. The minimum absolute atomic E-state index is 0.175. The van der Waals surface area contributed by atoms with E-state index in [4.69, 9.17) is 0 Å². The molecule has 2 unspecified atom stereocenters. The molecule has 0 aromatic rings. The third-order valence-electron chi connectivity index (χ3n) is 3.82. The fraction of sp³-hybridized carbons (Fsp3) is 0.800. The van der Waals surface area contributed by atoms with Crippen LogP contribution in [0, 0.1) is 17.3 Å². The molecule has 0 radical (unpaired) electrons. The van der Waals surface area contributed by atoms with Crippen molar-refractivity contribution in [2.75, 3.05) is 7.11 Å². The van der Waals surface area contributed by atoms with Crippen LogP contribution in [0.1, 0.15) is 47.5 Å². The molecule has 0 aromatic carbocycles. The lowest BCUT2D eigenvalue weighted by Crippen LogP contribution is -2.46. The van der Waals surface area contributed by atoms with E-state index in [0.717, 1.165) is 0 Å². The van der Waals surface area contributed by atoms with E-state index in [1.165, 1.54) is 14.0 Å². The second-order valence-electron chi connectivity index (χ2n) is 6.33. The Morgan fingerprint density at radius 3 is 2.05 bits per heavy atom. The molecule has 0 aliphatic carbocycles. The van der Waals surface area contributed by atoms with Gasteiger partial charge in [-0.15, -0.1) is 0 Å². The largest absolute Gasteiger partial charge is 0.481 e. The summed E-state index contributed by atoms with van der Waals surface area (Å²) in [6, 6.07) is -0.743. The van der Waals surface area contributed by atoms with E-state index < -0.39 is 29.3 Å². The molecule has 1 amide bonds. The summed E-state index contributed by atoms with van der Waals surface area (Å²) in [6.07, 6.45) is 0.273. The molecule has 0 bridgehead atoms. The van der Waals surface area contributed by atoms with Crippen LogP contribution in [0.2, 0.25) is 0 Å². The second-order valence-corrected chi connectivity index (χ2v) is 6.33. The van der Waals surface area contributed by atoms with Crippen molar-refractivity contribution in [3.8, 4) is 0 Å². The monoisotopic (exact) mass is 301 g/mol. The third-order valence-corrected chi connectivity index (χ3v) is 3.82. The highest BCUT2D eigenvalue weighted by molar-refractivity contribution is 5.88. The Bertz CT molecular complexity index is 392. The number of aliphatic carboxylic acids is 1. The van der Waals surface area contributed by atoms with Gasteiger partial charge in [0, 0.05) is 6.42 Å². The molecule has 0 aromatic heterocycles. The number of hydrogen-bond acceptors (Lipinski definition) is 4. The maximum absolute atomic E-state index is 12.1. The minimum Gasteiger partial charge on any atom is -0.481 e. The lowest BCUT2D eigenvalue weighted by atomic mass is 9.76. The molecule has 6 heteroatoms. The summed E-state index contributed by atoms with van der Waals surface area (Å²) >= 11 is 0. The van der Waals surface area contributed by atoms with Gasteiger partial charge in [-0.3, -0.25) is 9.59 Å². The Labute approximate surface area is 126 Å². The molecule has 122 valence electrons. The predicted molar refractivity (Wildman–Crippen MR) is 78.6 cm³/mol. The lowest BCUT2D eigenvalue weighted by Gasteiger charge is -2.29. The number of amides is 1. The van der Waals surface area contributed by atoms with Crippen molar-refractivity contribution in [2.45, 2.75) is 53.5 Å². The molecule has 2 N–H and O–H groups in total. The van der Waals surface area contributed by atoms with Crippen molar-refractivity contribution in [3.05, 3.63) is 0 Å². The van der Waals surface area contributed by atoms with Gasteiger partial charge in [-0.2, -0.15) is 0 Å². The van der Waals surface area contributed by atoms with Gasteiger partial charge in [0.25, 0.3) is 0 Å². The van der Waals surface area contributed by atoms with Gasteiger partial charge < -0.3 is 15.2 Å². The van der Waals surface area contributed by atoms with Crippen molar-refractivity contribution < 1.29 is 24.2 Å². The summed E-state index contributed by atoms with van der Waals surface area (Å²) in [7, 11) is 1.26. The molecule has 0 rings (SSSR count). The number of carboxylic acids is 1. The van der Waals surface area contributed by atoms with Crippen LogP contribution in [0.15, 0.2) is 0 Å². The fourth-order valence-corrected chi connectivity index (χ4v) is 1.93. The summed E-state index contributed by atoms with van der Waals surface area (Å²) in [5.41, 5.74) is -1.16. The highest BCUT2D eigenvalue weighted by Crippen LogP contribution is 2.31. The topological polar surface area (TPSA) is 92.7 Å². The number of methoxy groups -OCH3 is 1. The number of carbonyl (C=O) groups is 3. The molecule has 0 heterocycles. The Morgan fingerprint density at radius 2 is 1.71 bits per heavy atom. The molecule has 0 aliphatic heterocycles. The first-order valence-electron chi connectivity index (χ1n) is 7.15. The molecule has 0 aliphatic rings. The number of esters is 1. The minimum atomic E-state index is -1.16. The zero-order valence-electron chi connectivity index (χ0n) is 13.7. The Morgan fingerprint density at radius 1 is 1.19 bits per heavy atom. The van der Waals surface area contributed by atoms with E-state index in [-0.39, 0.29) is 18.3 Å². The molecule has 6 nitrogen and oxygen atoms in total. The Hall–Kier alpha value is -1.59. The van der Waals surface area contributed by atoms with E-state index in [2.05, 4.69) is 10.1 Å². The van der Waals surface area contributed by atoms with E-state index in [9.17, 15) is 19.5 Å². The number of rotatable bonds is 8. The molecular weight excluding hydrogens is 274 g/mol. The first-order valence-corrected chi connectivity index (χ1v) is 7.15. The first kappa shape index (κ1) is 19.4. The Balaban J connectivity index is 4.91. The zero-order chi connectivity index (χ0) is 16.8. The van der Waals surface area contributed by atoms with Crippen molar-refractivity contribution in [2.24, 2.45) is 17.3 Å². The van der Waals surface area contributed by atoms with E-state index in [0.29, 0.717) is 6.42 Å². The van der Waals surface area contributed by atoms with Crippen LogP contribution in [-0.4, -0.2) is 36.1 Å². The number of carbonyl (C=O) groups excluding carboxylic acids is 2. The van der Waals surface area contributed by atoms with E-state index >= 15 is 0 Å². The van der Waals surface area contributed by atoms with Crippen LogP contribution < -0.4 is 5.32 Å². The maximum atomic E-state index is 12.1. The summed E-state index contributed by atoms with van der Waals surface area (Å²) in [4.78, 5) is 35.1. The highest BCUT2D eigenvalue weighted by atomic mass is 16.5. The zero-order valence-corrected chi connectivity index (χ0v) is 13.7. The molecule has 2 atom stereocenters. The summed E-state index contributed by atoms with van der Waals surface area (Å²) in [5.74, 6) is -2.00. The maximum Gasteiger partial charge on any atom is 0.328 e. The molecule has 0 spiro atoms. The number of hydrogen-bond donors (Lipinski definition) is 2. The van der Waals surface area contributed by atoms with Gasteiger partial charge in [0.1, 0.15) is 6.04 Å². The van der Waals surface area contributed by atoms with Crippen LogP contribution in [0.4, 0.5) is 0 Å². The van der Waals surface area contributed by atoms with Crippen LogP contribution in [0.5, 0.6) is 0 Å². The second kappa shape index (κ2) is 8.00. The van der Waals surface area contributed by atoms with Crippen LogP contribution in [0.3, 0.4) is 0 Å². The van der Waals surface area contributed by atoms with Gasteiger partial charge in [0.05, 0.1) is 12.5 Å². The molecular formula is C15H27NO5. The van der Waals surface area contributed by atoms with Crippen molar-refractivity contribution in [1.82, 2.24) is 5.32 Å². The molecule has 21 heavy (non-hydrogen) atoms. The van der Waals surface area contributed by atoms with Gasteiger partial charge in [-0.25, -0.2) is 4.79 Å².